The largest absolute Gasteiger partial charge is 0.497 e. The lowest BCUT2D eigenvalue weighted by Crippen LogP contribution is -2.48. The lowest BCUT2D eigenvalue weighted by Gasteiger charge is -2.38. The van der Waals surface area contributed by atoms with Crippen molar-refractivity contribution in [3.05, 3.63) is 91.9 Å². The summed E-state index contributed by atoms with van der Waals surface area (Å²) in [4.78, 5) is 32.9. The van der Waals surface area contributed by atoms with Crippen molar-refractivity contribution >= 4 is 51.8 Å². The number of hydrogen-bond donors (Lipinski definition) is 0. The van der Waals surface area contributed by atoms with Crippen molar-refractivity contribution < 1.29 is 13.9 Å². The molecule has 41 heavy (non-hydrogen) atoms. The van der Waals surface area contributed by atoms with Gasteiger partial charge in [-0.2, -0.15) is 5.26 Å². The number of pyridine rings is 1. The number of carbonyl (C=O) groups is 1. The van der Waals surface area contributed by atoms with Crippen LogP contribution in [0.1, 0.15) is 22.3 Å². The van der Waals surface area contributed by atoms with E-state index in [1.165, 1.54) is 28.5 Å². The molecule has 0 aliphatic carbocycles. The van der Waals surface area contributed by atoms with Crippen LogP contribution in [0.3, 0.4) is 0 Å². The fraction of sp³-hybridized carbons (Fsp3) is 0.267. The normalized spacial score (nSPS) is 16.5. The highest BCUT2D eigenvalue weighted by atomic mass is 32.2. The number of rotatable bonds is 6. The molecule has 2 aliphatic rings. The molecule has 2 fully saturated rings. The first kappa shape index (κ1) is 28.4. The number of carbonyl (C=O) groups excluding carboxylic acids is 1. The molecule has 0 saturated carbocycles. The summed E-state index contributed by atoms with van der Waals surface area (Å²) in [5.74, 6) is 0.860. The van der Waals surface area contributed by atoms with Gasteiger partial charge in [0, 0.05) is 44.5 Å². The van der Waals surface area contributed by atoms with E-state index in [-0.39, 0.29) is 22.8 Å². The standard InChI is InChI=1S/C30H28FN5O3S2/c1-19-24(16-26-29(38)36(30(40)41-26)18-20-4-10-23(39-3)11-5-20)27(33(2)28(37)25(19)17-32)35-14-12-34(13-15-35)22-8-6-21(31)7-9-22/h4-11,16H,12-15,18H2,1-3H3/b26-16-. The minimum absolute atomic E-state index is 0.0427. The van der Waals surface area contributed by atoms with Crippen molar-refractivity contribution in [3.8, 4) is 11.8 Å². The molecule has 8 nitrogen and oxygen atoms in total. The Bertz CT molecular complexity index is 1640. The zero-order chi connectivity index (χ0) is 29.3. The van der Waals surface area contributed by atoms with Gasteiger partial charge >= 0.3 is 0 Å². The van der Waals surface area contributed by atoms with E-state index in [1.54, 1.807) is 44.2 Å². The number of anilines is 2. The SMILES string of the molecule is COc1ccc(CN2C(=O)/C(=C/c3c(C)c(C#N)c(=O)n(C)c3N3CCN(c4ccc(F)cc4)CC3)SC2=S)cc1. The molecule has 1 aromatic heterocycles. The van der Waals surface area contributed by atoms with E-state index >= 15 is 0 Å². The van der Waals surface area contributed by atoms with Crippen molar-refractivity contribution in [1.82, 2.24) is 9.47 Å². The third-order valence-electron chi connectivity index (χ3n) is 7.39. The van der Waals surface area contributed by atoms with Crippen molar-refractivity contribution in [1.29, 1.82) is 5.26 Å². The highest BCUT2D eigenvalue weighted by Gasteiger charge is 2.33. The molecule has 3 heterocycles. The number of nitriles is 1. The van der Waals surface area contributed by atoms with Gasteiger partial charge in [0.2, 0.25) is 0 Å². The molecule has 2 saturated heterocycles. The average Bonchev–Trinajstić information content (AvgIpc) is 3.24. The first-order valence-corrected chi connectivity index (χ1v) is 14.2. The number of benzene rings is 2. The Kier molecular flexibility index (Phi) is 8.15. The lowest BCUT2D eigenvalue weighted by molar-refractivity contribution is -0.122. The Morgan fingerprint density at radius 1 is 1.05 bits per heavy atom. The maximum Gasteiger partial charge on any atom is 0.270 e. The summed E-state index contributed by atoms with van der Waals surface area (Å²) in [6, 6.07) is 15.9. The number of aromatic nitrogens is 1. The Labute approximate surface area is 247 Å². The predicted octanol–water partition coefficient (Wildman–Crippen LogP) is 4.44. The van der Waals surface area contributed by atoms with Crippen LogP contribution in [0.2, 0.25) is 0 Å². The average molecular weight is 590 g/mol. The summed E-state index contributed by atoms with van der Waals surface area (Å²) in [5, 5.41) is 9.79. The van der Waals surface area contributed by atoms with Gasteiger partial charge in [-0.25, -0.2) is 4.39 Å². The van der Waals surface area contributed by atoms with Crippen LogP contribution in [0.15, 0.2) is 58.2 Å². The van der Waals surface area contributed by atoms with Crippen LogP contribution in [-0.2, 0) is 18.4 Å². The molecule has 0 atom stereocenters. The van der Waals surface area contributed by atoms with E-state index < -0.39 is 0 Å². The second-order valence-electron chi connectivity index (χ2n) is 9.78. The third-order valence-corrected chi connectivity index (χ3v) is 8.77. The van der Waals surface area contributed by atoms with E-state index in [0.717, 1.165) is 17.0 Å². The molecule has 0 radical (unpaired) electrons. The van der Waals surface area contributed by atoms with Crippen LogP contribution in [0.5, 0.6) is 5.75 Å². The van der Waals surface area contributed by atoms with Gasteiger partial charge in [0.15, 0.2) is 0 Å². The second kappa shape index (κ2) is 11.8. The summed E-state index contributed by atoms with van der Waals surface area (Å²) in [5.41, 5.74) is 2.66. The van der Waals surface area contributed by atoms with Gasteiger partial charge in [-0.15, -0.1) is 0 Å². The molecule has 0 bridgehead atoms. The summed E-state index contributed by atoms with van der Waals surface area (Å²) in [7, 11) is 3.25. The van der Waals surface area contributed by atoms with E-state index in [1.807, 2.05) is 30.3 Å². The smallest absolute Gasteiger partial charge is 0.270 e. The van der Waals surface area contributed by atoms with Gasteiger partial charge in [-0.3, -0.25) is 19.1 Å². The van der Waals surface area contributed by atoms with Gasteiger partial charge in [0.1, 0.15) is 33.3 Å². The zero-order valence-electron chi connectivity index (χ0n) is 22.9. The molecular formula is C30H28FN5O3S2. The molecule has 0 N–H and O–H groups in total. The molecular weight excluding hydrogens is 561 g/mol. The van der Waals surface area contributed by atoms with Crippen LogP contribution in [0.4, 0.5) is 15.9 Å². The van der Waals surface area contributed by atoms with Crippen LogP contribution in [-0.4, -0.2) is 53.0 Å². The van der Waals surface area contributed by atoms with Crippen LogP contribution >= 0.6 is 24.0 Å². The number of piperazine rings is 1. The van der Waals surface area contributed by atoms with Gasteiger partial charge < -0.3 is 14.5 Å². The third kappa shape index (κ3) is 5.58. The Balaban J connectivity index is 1.46. The predicted molar refractivity (Wildman–Crippen MR) is 164 cm³/mol. The maximum absolute atomic E-state index is 13.5. The molecule has 2 aromatic carbocycles. The maximum atomic E-state index is 13.5. The first-order chi connectivity index (χ1) is 19.7. The van der Waals surface area contributed by atoms with Gasteiger partial charge in [-0.05, 0) is 60.5 Å². The quantitative estimate of drug-likeness (QED) is 0.309. The fourth-order valence-electron chi connectivity index (χ4n) is 5.10. The van der Waals surface area contributed by atoms with Gasteiger partial charge in [-0.1, -0.05) is 36.1 Å². The van der Waals surface area contributed by atoms with Crippen molar-refractivity contribution in [2.24, 2.45) is 7.05 Å². The minimum atomic E-state index is -0.384. The van der Waals surface area contributed by atoms with E-state index in [9.17, 15) is 19.2 Å². The lowest BCUT2D eigenvalue weighted by atomic mass is 10.0. The van der Waals surface area contributed by atoms with Crippen LogP contribution < -0.4 is 20.1 Å². The van der Waals surface area contributed by atoms with E-state index in [2.05, 4.69) is 9.80 Å². The highest BCUT2D eigenvalue weighted by Crippen LogP contribution is 2.37. The van der Waals surface area contributed by atoms with Crippen molar-refractivity contribution in [3.63, 3.8) is 0 Å². The molecule has 1 amide bonds. The molecule has 3 aromatic rings. The number of hydrogen-bond acceptors (Lipinski definition) is 8. The molecule has 2 aliphatic heterocycles. The number of ether oxygens (including phenoxy) is 1. The Morgan fingerprint density at radius 2 is 1.68 bits per heavy atom. The summed E-state index contributed by atoms with van der Waals surface area (Å²) >= 11 is 6.77. The highest BCUT2D eigenvalue weighted by molar-refractivity contribution is 8.26. The minimum Gasteiger partial charge on any atom is -0.497 e. The number of halogens is 1. The topological polar surface area (TPSA) is 81.8 Å². The summed E-state index contributed by atoms with van der Waals surface area (Å²) < 4.78 is 20.6. The molecule has 5 rings (SSSR count). The molecule has 11 heteroatoms. The second-order valence-corrected chi connectivity index (χ2v) is 11.5. The van der Waals surface area contributed by atoms with Crippen LogP contribution in [0, 0.1) is 24.1 Å². The molecule has 0 spiro atoms. The summed E-state index contributed by atoms with van der Waals surface area (Å²) in [6.45, 7) is 4.55. The van der Waals surface area contributed by atoms with Crippen LogP contribution in [0.25, 0.3) is 6.08 Å². The molecule has 0 unspecified atom stereocenters. The van der Waals surface area contributed by atoms with E-state index in [0.29, 0.717) is 58.9 Å². The Morgan fingerprint density at radius 3 is 2.29 bits per heavy atom. The fourth-order valence-corrected chi connectivity index (χ4v) is 6.34. The molecule has 210 valence electrons. The zero-order valence-corrected chi connectivity index (χ0v) is 24.5. The van der Waals surface area contributed by atoms with Crippen molar-refractivity contribution in [2.75, 3.05) is 43.1 Å². The first-order valence-electron chi connectivity index (χ1n) is 13.0. The van der Waals surface area contributed by atoms with Gasteiger partial charge in [0.25, 0.3) is 11.5 Å². The number of thioether (sulfide) groups is 1. The summed E-state index contributed by atoms with van der Waals surface area (Å²) in [6.07, 6.45) is 1.75. The number of thiocarbonyl (C=S) groups is 1. The van der Waals surface area contributed by atoms with Crippen molar-refractivity contribution in [2.45, 2.75) is 13.5 Å². The number of methoxy groups -OCH3 is 1. The monoisotopic (exact) mass is 589 g/mol. The number of nitrogens with zero attached hydrogens (tertiary/aromatic N) is 5. The Hall–Kier alpha value is -4.14. The number of amides is 1. The van der Waals surface area contributed by atoms with Gasteiger partial charge in [0.05, 0.1) is 18.6 Å². The van der Waals surface area contributed by atoms with E-state index in [4.69, 9.17) is 17.0 Å².